The molecule has 0 aliphatic heterocycles. The van der Waals surface area contributed by atoms with Crippen LogP contribution in [0.2, 0.25) is 0 Å². The summed E-state index contributed by atoms with van der Waals surface area (Å²) in [6.45, 7) is 11.3. The number of hydrogen-bond acceptors (Lipinski definition) is 8. The quantitative estimate of drug-likeness (QED) is 0.123. The number of unbranched alkanes of at least 4 members (excludes halogenated alkanes) is 6. The summed E-state index contributed by atoms with van der Waals surface area (Å²) >= 11 is 0. The van der Waals surface area contributed by atoms with Crippen LogP contribution in [0.4, 0.5) is 0 Å². The molecule has 0 rings (SSSR count). The van der Waals surface area contributed by atoms with Crippen molar-refractivity contribution in [3.63, 3.8) is 0 Å². The highest BCUT2D eigenvalue weighted by Gasteiger charge is 1.99. The van der Waals surface area contributed by atoms with Crippen LogP contribution < -0.4 is 0 Å². The van der Waals surface area contributed by atoms with E-state index in [4.69, 9.17) is 39.4 Å². The second-order valence-electron chi connectivity index (χ2n) is 7.93. The second-order valence-corrected chi connectivity index (χ2v) is 7.93. The lowest BCUT2D eigenvalue weighted by Crippen LogP contribution is -2.12. The smallest absolute Gasteiger partial charge is 0.303 e. The number of hydrogen-bond donors (Lipinski definition) is 4. The fourth-order valence-electron chi connectivity index (χ4n) is 2.41. The highest BCUT2D eigenvalue weighted by atomic mass is 16.6. The van der Waals surface area contributed by atoms with Gasteiger partial charge in [0.25, 0.3) is 0 Å². The lowest BCUT2D eigenvalue weighted by atomic mass is 10.2. The molecule has 35 heavy (non-hydrogen) atoms. The standard InChI is InChI=1S/2C10H22O3.C5H8O4/c2*1-3-4-5-6-7-12-8-9-13-10(2)11;6-4(7)2-1-3-5(8)9/h2*10-11H,3-9H2,1-2H3;1-3H2,(H,6,7)(H,8,9). The SMILES string of the molecule is CCCCCCOCCOC(C)O.CCCCCCOCCOC(C)O.O=C(O)CCCC(=O)O. The topological polar surface area (TPSA) is 152 Å². The Kier molecular flexibility index (Phi) is 35.7. The van der Waals surface area contributed by atoms with E-state index in [0.29, 0.717) is 26.4 Å². The molecule has 10 heteroatoms. The van der Waals surface area contributed by atoms with Crippen LogP contribution >= 0.6 is 0 Å². The Morgan fingerprint density at radius 3 is 1.23 bits per heavy atom. The van der Waals surface area contributed by atoms with Crippen molar-refractivity contribution < 1.29 is 49.0 Å². The maximum atomic E-state index is 9.79. The van der Waals surface area contributed by atoms with Crippen molar-refractivity contribution in [3.8, 4) is 0 Å². The van der Waals surface area contributed by atoms with Crippen molar-refractivity contribution in [1.82, 2.24) is 0 Å². The molecule has 0 radical (unpaired) electrons. The van der Waals surface area contributed by atoms with Crippen molar-refractivity contribution in [3.05, 3.63) is 0 Å². The van der Waals surface area contributed by atoms with E-state index in [2.05, 4.69) is 13.8 Å². The number of carboxylic acids is 2. The van der Waals surface area contributed by atoms with Gasteiger partial charge in [0.05, 0.1) is 26.4 Å². The predicted octanol–water partition coefficient (Wildman–Crippen LogP) is 4.20. The Labute approximate surface area is 211 Å². The summed E-state index contributed by atoms with van der Waals surface area (Å²) in [5.74, 6) is -1.90. The minimum Gasteiger partial charge on any atom is -0.481 e. The van der Waals surface area contributed by atoms with Gasteiger partial charge in [-0.1, -0.05) is 52.4 Å². The monoisotopic (exact) mass is 512 g/mol. The van der Waals surface area contributed by atoms with Crippen LogP contribution in [-0.4, -0.2) is 84.6 Å². The predicted molar refractivity (Wildman–Crippen MR) is 134 cm³/mol. The molecular formula is C25H52O10. The highest BCUT2D eigenvalue weighted by molar-refractivity contribution is 5.69. The average molecular weight is 513 g/mol. The molecule has 0 saturated carbocycles. The zero-order valence-corrected chi connectivity index (χ0v) is 22.4. The van der Waals surface area contributed by atoms with E-state index in [1.54, 1.807) is 13.8 Å². The number of carbonyl (C=O) groups is 2. The van der Waals surface area contributed by atoms with Gasteiger partial charge in [-0.2, -0.15) is 0 Å². The molecule has 0 aromatic rings. The summed E-state index contributed by atoms with van der Waals surface area (Å²) in [7, 11) is 0. The molecule has 0 bridgehead atoms. The first-order chi connectivity index (χ1) is 16.7. The summed E-state index contributed by atoms with van der Waals surface area (Å²) in [4.78, 5) is 19.6. The molecule has 0 fully saturated rings. The Bertz CT molecular complexity index is 392. The van der Waals surface area contributed by atoms with Crippen LogP contribution in [0.5, 0.6) is 0 Å². The lowest BCUT2D eigenvalue weighted by molar-refractivity contribution is -0.138. The molecule has 0 heterocycles. The van der Waals surface area contributed by atoms with Crippen LogP contribution in [-0.2, 0) is 28.5 Å². The molecular weight excluding hydrogens is 460 g/mol. The van der Waals surface area contributed by atoms with Crippen molar-refractivity contribution in [2.75, 3.05) is 39.6 Å². The number of aliphatic hydroxyl groups is 2. The molecule has 0 amide bonds. The molecule has 0 aliphatic rings. The molecule has 2 unspecified atom stereocenters. The number of aliphatic carboxylic acids is 2. The van der Waals surface area contributed by atoms with Crippen molar-refractivity contribution in [2.24, 2.45) is 0 Å². The fourth-order valence-corrected chi connectivity index (χ4v) is 2.41. The fraction of sp³-hybridized carbons (Fsp3) is 0.920. The van der Waals surface area contributed by atoms with E-state index >= 15 is 0 Å². The van der Waals surface area contributed by atoms with Gasteiger partial charge in [-0.15, -0.1) is 0 Å². The minimum absolute atomic E-state index is 0.0632. The molecule has 0 aromatic heterocycles. The summed E-state index contributed by atoms with van der Waals surface area (Å²) in [6, 6.07) is 0. The number of ether oxygens (including phenoxy) is 4. The van der Waals surface area contributed by atoms with Gasteiger partial charge in [0.2, 0.25) is 0 Å². The molecule has 2 atom stereocenters. The van der Waals surface area contributed by atoms with Gasteiger partial charge >= 0.3 is 11.9 Å². The minimum atomic E-state index is -0.948. The number of aliphatic hydroxyl groups excluding tert-OH is 2. The van der Waals surface area contributed by atoms with E-state index in [1.165, 1.54) is 38.5 Å². The lowest BCUT2D eigenvalue weighted by Gasteiger charge is -2.07. The van der Waals surface area contributed by atoms with Gasteiger partial charge in [-0.3, -0.25) is 9.59 Å². The van der Waals surface area contributed by atoms with Crippen LogP contribution in [0, 0.1) is 0 Å². The zero-order chi connectivity index (χ0) is 27.2. The van der Waals surface area contributed by atoms with Crippen LogP contribution in [0.1, 0.15) is 98.3 Å². The molecule has 212 valence electrons. The number of rotatable bonds is 22. The molecule has 4 N–H and O–H groups in total. The van der Waals surface area contributed by atoms with Crippen LogP contribution in [0.15, 0.2) is 0 Å². The summed E-state index contributed by atoms with van der Waals surface area (Å²) in [5, 5.41) is 33.6. The summed E-state index contributed by atoms with van der Waals surface area (Å²) < 4.78 is 20.4. The third-order valence-corrected chi connectivity index (χ3v) is 4.24. The van der Waals surface area contributed by atoms with E-state index in [-0.39, 0.29) is 19.3 Å². The Hall–Kier alpha value is -1.30. The van der Waals surface area contributed by atoms with Crippen molar-refractivity contribution in [1.29, 1.82) is 0 Å². The Morgan fingerprint density at radius 1 is 0.571 bits per heavy atom. The van der Waals surface area contributed by atoms with Crippen molar-refractivity contribution >= 4 is 11.9 Å². The molecule has 0 spiro atoms. The largest absolute Gasteiger partial charge is 0.481 e. The third-order valence-electron chi connectivity index (χ3n) is 4.24. The third kappa shape index (κ3) is 50.5. The van der Waals surface area contributed by atoms with E-state index in [9.17, 15) is 9.59 Å². The maximum absolute atomic E-state index is 9.79. The van der Waals surface area contributed by atoms with Gasteiger partial charge in [0.1, 0.15) is 0 Å². The molecule has 0 aromatic carbocycles. The van der Waals surface area contributed by atoms with E-state index in [1.807, 2.05) is 0 Å². The van der Waals surface area contributed by atoms with Gasteiger partial charge in [0, 0.05) is 26.1 Å². The highest BCUT2D eigenvalue weighted by Crippen LogP contribution is 1.99. The molecule has 10 nitrogen and oxygen atoms in total. The average Bonchev–Trinajstić information content (AvgIpc) is 2.77. The molecule has 0 saturated heterocycles. The van der Waals surface area contributed by atoms with Crippen molar-refractivity contribution in [2.45, 2.75) is 111 Å². The summed E-state index contributed by atoms with van der Waals surface area (Å²) in [5.41, 5.74) is 0. The first-order valence-electron chi connectivity index (χ1n) is 12.9. The second kappa shape index (κ2) is 32.7. The van der Waals surface area contributed by atoms with Gasteiger partial charge in [-0.05, 0) is 33.1 Å². The normalized spacial score (nSPS) is 12.1. The Morgan fingerprint density at radius 2 is 0.943 bits per heavy atom. The number of carboxylic acid groups (broad SMARTS) is 2. The maximum Gasteiger partial charge on any atom is 0.303 e. The van der Waals surface area contributed by atoms with Gasteiger partial charge in [-0.25, -0.2) is 0 Å². The first kappa shape index (κ1) is 38.2. The first-order valence-corrected chi connectivity index (χ1v) is 12.9. The molecule has 0 aliphatic carbocycles. The van der Waals surface area contributed by atoms with Crippen LogP contribution in [0.25, 0.3) is 0 Å². The van der Waals surface area contributed by atoms with Gasteiger partial charge < -0.3 is 39.4 Å². The van der Waals surface area contributed by atoms with Gasteiger partial charge in [0.15, 0.2) is 12.6 Å². The van der Waals surface area contributed by atoms with E-state index in [0.717, 1.165) is 26.1 Å². The zero-order valence-electron chi connectivity index (χ0n) is 22.4. The Balaban J connectivity index is -0.000000448. The van der Waals surface area contributed by atoms with Crippen LogP contribution in [0.3, 0.4) is 0 Å². The van der Waals surface area contributed by atoms with E-state index < -0.39 is 24.5 Å². The summed E-state index contributed by atoms with van der Waals surface area (Å²) in [6.07, 6.45) is 8.56.